The van der Waals surface area contributed by atoms with Gasteiger partial charge in [0, 0.05) is 11.8 Å². The van der Waals surface area contributed by atoms with E-state index in [4.69, 9.17) is 9.47 Å². The zero-order valence-electron chi connectivity index (χ0n) is 6.34. The van der Waals surface area contributed by atoms with Gasteiger partial charge in [-0.3, -0.25) is 0 Å². The Labute approximate surface area is 69.7 Å². The van der Waals surface area contributed by atoms with Gasteiger partial charge in [0.15, 0.2) is 0 Å². The zero-order valence-corrected chi connectivity index (χ0v) is 6.34. The standard InChI is InChI=1S/C9H8O3/c10-9-11-7-5-3-1-2-4-6(5)8(7)12-9/h1-8H/t5-,6+,7+,8-. The molecule has 0 amide bonds. The van der Waals surface area contributed by atoms with Crippen LogP contribution in [0.3, 0.4) is 0 Å². The Hall–Kier alpha value is -1.25. The van der Waals surface area contributed by atoms with E-state index in [9.17, 15) is 4.79 Å². The lowest BCUT2D eigenvalue weighted by molar-refractivity contribution is -0.0268. The smallest absolute Gasteiger partial charge is 0.426 e. The number of fused-ring (bicyclic) bond motifs is 4. The summed E-state index contributed by atoms with van der Waals surface area (Å²) in [6.07, 6.45) is 7.57. The fourth-order valence-electron chi connectivity index (χ4n) is 2.13. The minimum absolute atomic E-state index is 0.0244. The number of carbonyl (C=O) groups is 1. The van der Waals surface area contributed by atoms with Crippen molar-refractivity contribution < 1.29 is 14.3 Å². The highest BCUT2D eigenvalue weighted by molar-refractivity contribution is 5.64. The van der Waals surface area contributed by atoms with Gasteiger partial charge in [0.25, 0.3) is 0 Å². The molecule has 0 bridgehead atoms. The minimum Gasteiger partial charge on any atom is -0.426 e. The van der Waals surface area contributed by atoms with Crippen molar-refractivity contribution in [3.05, 3.63) is 24.3 Å². The maximum Gasteiger partial charge on any atom is 0.509 e. The summed E-state index contributed by atoms with van der Waals surface area (Å²) in [6.45, 7) is 0. The van der Waals surface area contributed by atoms with E-state index in [2.05, 4.69) is 12.2 Å². The lowest BCUT2D eigenvalue weighted by atomic mass is 9.67. The fourth-order valence-corrected chi connectivity index (χ4v) is 2.13. The predicted molar refractivity (Wildman–Crippen MR) is 40.4 cm³/mol. The Bertz CT molecular complexity index is 264. The first kappa shape index (κ1) is 6.29. The number of rotatable bonds is 0. The van der Waals surface area contributed by atoms with Gasteiger partial charge in [-0.15, -0.1) is 0 Å². The van der Waals surface area contributed by atoms with Crippen LogP contribution in [0.1, 0.15) is 0 Å². The molecule has 0 aromatic carbocycles. The van der Waals surface area contributed by atoms with Crippen molar-refractivity contribution in [3.63, 3.8) is 0 Å². The second-order valence-corrected chi connectivity index (χ2v) is 3.34. The molecule has 3 rings (SSSR count). The van der Waals surface area contributed by atoms with Crippen molar-refractivity contribution >= 4 is 6.16 Å². The topological polar surface area (TPSA) is 35.5 Å². The van der Waals surface area contributed by atoms with Crippen LogP contribution in [0.4, 0.5) is 4.79 Å². The molecule has 1 aliphatic heterocycles. The van der Waals surface area contributed by atoms with Crippen molar-refractivity contribution in [1.82, 2.24) is 0 Å². The van der Waals surface area contributed by atoms with E-state index in [-0.39, 0.29) is 12.2 Å². The van der Waals surface area contributed by atoms with Crippen LogP contribution in [-0.2, 0) is 9.47 Å². The van der Waals surface area contributed by atoms with Crippen LogP contribution in [0, 0.1) is 11.8 Å². The van der Waals surface area contributed by atoms with Crippen LogP contribution in [-0.4, -0.2) is 18.4 Å². The van der Waals surface area contributed by atoms with Gasteiger partial charge in [0.1, 0.15) is 12.2 Å². The van der Waals surface area contributed by atoms with Gasteiger partial charge in [-0.25, -0.2) is 4.79 Å². The Kier molecular flexibility index (Phi) is 1.00. The third-order valence-electron chi connectivity index (χ3n) is 2.77. The van der Waals surface area contributed by atoms with E-state index in [0.717, 1.165) is 0 Å². The zero-order chi connectivity index (χ0) is 8.13. The van der Waals surface area contributed by atoms with Crippen molar-refractivity contribution in [2.75, 3.05) is 0 Å². The molecule has 2 aliphatic carbocycles. The monoisotopic (exact) mass is 164 g/mol. The summed E-state index contributed by atoms with van der Waals surface area (Å²) in [6, 6.07) is 0. The molecule has 0 spiro atoms. The quantitative estimate of drug-likeness (QED) is 0.505. The predicted octanol–water partition coefficient (Wildman–Crippen LogP) is 1.26. The first-order valence-corrected chi connectivity index (χ1v) is 4.08. The molecule has 3 aliphatic rings. The molecule has 62 valence electrons. The molecule has 3 heteroatoms. The fraction of sp³-hybridized carbons (Fsp3) is 0.444. The molecule has 0 aromatic rings. The minimum atomic E-state index is -0.513. The molecular formula is C9H8O3. The number of carbonyl (C=O) groups excluding carboxylic acids is 1. The molecule has 0 aromatic heterocycles. The van der Waals surface area contributed by atoms with Crippen LogP contribution in [0.15, 0.2) is 24.3 Å². The van der Waals surface area contributed by atoms with Crippen LogP contribution in [0.25, 0.3) is 0 Å². The van der Waals surface area contributed by atoms with Crippen molar-refractivity contribution in [1.29, 1.82) is 0 Å². The average Bonchev–Trinajstić information content (AvgIpc) is 2.42. The maximum atomic E-state index is 10.8. The van der Waals surface area contributed by atoms with Gasteiger partial charge in [-0.2, -0.15) is 0 Å². The summed E-state index contributed by atoms with van der Waals surface area (Å²) < 4.78 is 9.97. The largest absolute Gasteiger partial charge is 0.509 e. The number of hydrogen-bond acceptors (Lipinski definition) is 3. The van der Waals surface area contributed by atoms with Gasteiger partial charge >= 0.3 is 6.16 Å². The molecule has 1 saturated heterocycles. The highest BCUT2D eigenvalue weighted by Gasteiger charge is 2.57. The van der Waals surface area contributed by atoms with E-state index in [1.54, 1.807) is 0 Å². The molecule has 4 atom stereocenters. The first-order valence-electron chi connectivity index (χ1n) is 4.08. The van der Waals surface area contributed by atoms with Crippen molar-refractivity contribution in [2.45, 2.75) is 12.2 Å². The lowest BCUT2D eigenvalue weighted by Gasteiger charge is -2.42. The number of hydrogen-bond donors (Lipinski definition) is 0. The first-order chi connectivity index (χ1) is 5.86. The van der Waals surface area contributed by atoms with Crippen LogP contribution < -0.4 is 0 Å². The van der Waals surface area contributed by atoms with Gasteiger partial charge in [-0.1, -0.05) is 24.3 Å². The summed E-state index contributed by atoms with van der Waals surface area (Å²) in [4.78, 5) is 10.8. The van der Waals surface area contributed by atoms with E-state index in [1.807, 2.05) is 12.2 Å². The Balaban J connectivity index is 1.90. The Morgan fingerprint density at radius 1 is 1.00 bits per heavy atom. The van der Waals surface area contributed by atoms with Gasteiger partial charge in [0.2, 0.25) is 0 Å². The SMILES string of the molecule is O=C1O[C@@H]2[C@H]3C=CC=C[C@H]3[C@@H]2O1. The number of ether oxygens (including phenoxy) is 2. The molecule has 0 N–H and O–H groups in total. The molecule has 2 fully saturated rings. The van der Waals surface area contributed by atoms with E-state index in [0.29, 0.717) is 11.8 Å². The Morgan fingerprint density at radius 2 is 1.50 bits per heavy atom. The van der Waals surface area contributed by atoms with E-state index < -0.39 is 6.16 Å². The summed E-state index contributed by atoms with van der Waals surface area (Å²) in [7, 11) is 0. The molecule has 1 saturated carbocycles. The second-order valence-electron chi connectivity index (χ2n) is 3.34. The normalized spacial score (nSPS) is 47.2. The van der Waals surface area contributed by atoms with Gasteiger partial charge < -0.3 is 9.47 Å². The van der Waals surface area contributed by atoms with Gasteiger partial charge in [-0.05, 0) is 0 Å². The summed E-state index contributed by atoms with van der Waals surface area (Å²) in [5, 5.41) is 0. The highest BCUT2D eigenvalue weighted by atomic mass is 16.8. The summed E-state index contributed by atoms with van der Waals surface area (Å²) in [5.74, 6) is 0.706. The van der Waals surface area contributed by atoms with Crippen LogP contribution in [0.2, 0.25) is 0 Å². The van der Waals surface area contributed by atoms with E-state index in [1.165, 1.54) is 0 Å². The molecule has 0 unspecified atom stereocenters. The summed E-state index contributed by atoms with van der Waals surface area (Å²) >= 11 is 0. The van der Waals surface area contributed by atoms with Gasteiger partial charge in [0.05, 0.1) is 0 Å². The van der Waals surface area contributed by atoms with Crippen molar-refractivity contribution in [3.8, 4) is 0 Å². The van der Waals surface area contributed by atoms with Crippen LogP contribution in [0.5, 0.6) is 0 Å². The van der Waals surface area contributed by atoms with Crippen LogP contribution >= 0.6 is 0 Å². The second kappa shape index (κ2) is 1.91. The Morgan fingerprint density at radius 3 is 2.00 bits per heavy atom. The highest BCUT2D eigenvalue weighted by Crippen LogP contribution is 2.46. The number of allylic oxidation sites excluding steroid dienone is 2. The van der Waals surface area contributed by atoms with E-state index >= 15 is 0 Å². The molecule has 12 heavy (non-hydrogen) atoms. The van der Waals surface area contributed by atoms with Crippen molar-refractivity contribution in [2.24, 2.45) is 11.8 Å². The lowest BCUT2D eigenvalue weighted by Crippen LogP contribution is -2.52. The average molecular weight is 164 g/mol. The third kappa shape index (κ3) is 0.594. The summed E-state index contributed by atoms with van der Waals surface area (Å²) in [5.41, 5.74) is 0. The molecular weight excluding hydrogens is 156 g/mol. The maximum absolute atomic E-state index is 10.8. The third-order valence-corrected chi connectivity index (χ3v) is 2.77. The molecule has 0 radical (unpaired) electrons. The molecule has 3 nitrogen and oxygen atoms in total. The molecule has 1 heterocycles.